The SMILES string of the molecule is CC[Si](CCCc1cc(O)n(C)c1O)(CCCc1cc(O)n(C)c1O)OC. The molecule has 0 amide bonds. The molecular weight excluding hydrogens is 364 g/mol. The van der Waals surface area contributed by atoms with Gasteiger partial charge in [0.1, 0.15) is 0 Å². The monoisotopic (exact) mass is 396 g/mol. The molecule has 0 fully saturated rings. The van der Waals surface area contributed by atoms with Gasteiger partial charge in [0.2, 0.25) is 0 Å². The van der Waals surface area contributed by atoms with E-state index in [2.05, 4.69) is 6.92 Å². The fourth-order valence-electron chi connectivity index (χ4n) is 3.68. The van der Waals surface area contributed by atoms with Gasteiger partial charge in [-0.3, -0.25) is 9.13 Å². The molecule has 0 atom stereocenters. The minimum atomic E-state index is -1.90. The molecule has 0 unspecified atom stereocenters. The van der Waals surface area contributed by atoms with E-state index in [1.54, 1.807) is 33.3 Å². The van der Waals surface area contributed by atoms with Crippen molar-refractivity contribution < 1.29 is 24.9 Å². The second-order valence-corrected chi connectivity index (χ2v) is 11.7. The summed E-state index contributed by atoms with van der Waals surface area (Å²) in [7, 11) is 3.14. The molecule has 4 N–H and O–H groups in total. The molecule has 2 heterocycles. The van der Waals surface area contributed by atoms with Crippen molar-refractivity contribution in [2.75, 3.05) is 7.11 Å². The summed E-state index contributed by atoms with van der Waals surface area (Å²) in [5.41, 5.74) is 1.52. The van der Waals surface area contributed by atoms with Crippen molar-refractivity contribution in [1.29, 1.82) is 0 Å². The summed E-state index contributed by atoms with van der Waals surface area (Å²) >= 11 is 0. The van der Waals surface area contributed by atoms with Gasteiger partial charge in [0.15, 0.2) is 31.8 Å². The zero-order valence-electron chi connectivity index (χ0n) is 16.7. The van der Waals surface area contributed by atoms with E-state index in [4.69, 9.17) is 4.43 Å². The van der Waals surface area contributed by atoms with Crippen LogP contribution in [0.4, 0.5) is 0 Å². The average Bonchev–Trinajstić information content (AvgIpc) is 3.05. The first-order valence-corrected chi connectivity index (χ1v) is 12.0. The van der Waals surface area contributed by atoms with Crippen molar-refractivity contribution >= 4 is 8.32 Å². The van der Waals surface area contributed by atoms with Gasteiger partial charge in [0, 0.05) is 44.5 Å². The van der Waals surface area contributed by atoms with Gasteiger partial charge in [0.25, 0.3) is 0 Å². The molecule has 0 aliphatic rings. The molecule has 2 rings (SSSR count). The maximum Gasteiger partial charge on any atom is 0.196 e. The van der Waals surface area contributed by atoms with Crippen LogP contribution in [0.3, 0.4) is 0 Å². The van der Waals surface area contributed by atoms with E-state index in [-0.39, 0.29) is 23.5 Å². The fraction of sp³-hybridized carbons (Fsp3) is 0.579. The number of hydrogen-bond donors (Lipinski definition) is 4. The van der Waals surface area contributed by atoms with Crippen molar-refractivity contribution in [3.05, 3.63) is 23.3 Å². The Kier molecular flexibility index (Phi) is 6.88. The smallest absolute Gasteiger partial charge is 0.196 e. The van der Waals surface area contributed by atoms with Crippen LogP contribution in [0, 0.1) is 0 Å². The zero-order chi connectivity index (χ0) is 20.2. The summed E-state index contributed by atoms with van der Waals surface area (Å²) in [5.74, 6) is 0.374. The van der Waals surface area contributed by atoms with E-state index in [0.717, 1.165) is 42.1 Å². The molecule has 0 saturated heterocycles. The van der Waals surface area contributed by atoms with Crippen molar-refractivity contribution in [1.82, 2.24) is 9.13 Å². The van der Waals surface area contributed by atoms with Crippen LogP contribution in [0.2, 0.25) is 18.1 Å². The summed E-state index contributed by atoms with van der Waals surface area (Å²) in [6.07, 6.45) is 3.18. The summed E-state index contributed by atoms with van der Waals surface area (Å²) in [5, 5.41) is 39.4. The van der Waals surface area contributed by atoms with Crippen LogP contribution in [0.1, 0.15) is 30.9 Å². The molecular formula is C19H32N2O5Si. The number of nitrogens with zero attached hydrogens (tertiary/aromatic N) is 2. The van der Waals surface area contributed by atoms with Gasteiger partial charge in [-0.25, -0.2) is 0 Å². The van der Waals surface area contributed by atoms with Crippen molar-refractivity contribution in [2.24, 2.45) is 14.1 Å². The lowest BCUT2D eigenvalue weighted by molar-refractivity contribution is 0.381. The fourth-order valence-corrected chi connectivity index (χ4v) is 6.98. The first-order valence-electron chi connectivity index (χ1n) is 9.43. The topological polar surface area (TPSA) is 100 Å². The van der Waals surface area contributed by atoms with Crippen LogP contribution in [0.15, 0.2) is 12.1 Å². The Labute approximate surface area is 161 Å². The first kappa shape index (κ1) is 21.2. The van der Waals surface area contributed by atoms with Crippen LogP contribution in [-0.4, -0.2) is 45.0 Å². The lowest BCUT2D eigenvalue weighted by atomic mass is 10.2. The third-order valence-corrected chi connectivity index (χ3v) is 10.4. The van der Waals surface area contributed by atoms with Crippen LogP contribution >= 0.6 is 0 Å². The van der Waals surface area contributed by atoms with Crippen molar-refractivity contribution in [3.63, 3.8) is 0 Å². The minimum Gasteiger partial charge on any atom is -0.494 e. The van der Waals surface area contributed by atoms with Gasteiger partial charge in [-0.15, -0.1) is 0 Å². The molecule has 7 nitrogen and oxygen atoms in total. The second kappa shape index (κ2) is 8.75. The molecule has 152 valence electrons. The Hall–Kier alpha value is -2.06. The highest BCUT2D eigenvalue weighted by Crippen LogP contribution is 2.32. The molecule has 0 aliphatic heterocycles. The molecule has 0 radical (unpaired) electrons. The summed E-state index contributed by atoms with van der Waals surface area (Å²) in [6, 6.07) is 6.17. The van der Waals surface area contributed by atoms with Crippen LogP contribution in [0.5, 0.6) is 23.5 Å². The molecule has 0 bridgehead atoms. The van der Waals surface area contributed by atoms with E-state index < -0.39 is 8.32 Å². The van der Waals surface area contributed by atoms with Gasteiger partial charge in [-0.1, -0.05) is 6.92 Å². The number of rotatable bonds is 10. The lowest BCUT2D eigenvalue weighted by Crippen LogP contribution is -2.36. The Morgan fingerprint density at radius 3 is 1.52 bits per heavy atom. The Morgan fingerprint density at radius 1 is 0.852 bits per heavy atom. The molecule has 2 aromatic rings. The number of aryl methyl sites for hydroxylation is 2. The van der Waals surface area contributed by atoms with Crippen molar-refractivity contribution in [3.8, 4) is 23.5 Å². The first-order chi connectivity index (χ1) is 12.7. The van der Waals surface area contributed by atoms with Gasteiger partial charge in [-0.05, 0) is 43.8 Å². The molecule has 0 saturated carbocycles. The van der Waals surface area contributed by atoms with Gasteiger partial charge in [-0.2, -0.15) is 0 Å². The van der Waals surface area contributed by atoms with E-state index in [0.29, 0.717) is 12.8 Å². The quantitative estimate of drug-likeness (QED) is 0.462. The molecule has 2 aromatic heterocycles. The highest BCUT2D eigenvalue weighted by Gasteiger charge is 2.31. The molecule has 8 heteroatoms. The van der Waals surface area contributed by atoms with Crippen LogP contribution in [0.25, 0.3) is 0 Å². The third-order valence-electron chi connectivity index (χ3n) is 5.74. The van der Waals surface area contributed by atoms with E-state index in [9.17, 15) is 20.4 Å². The van der Waals surface area contributed by atoms with E-state index >= 15 is 0 Å². The average molecular weight is 397 g/mol. The number of hydrogen-bond acceptors (Lipinski definition) is 5. The van der Waals surface area contributed by atoms with E-state index in [1.165, 1.54) is 9.13 Å². The van der Waals surface area contributed by atoms with Gasteiger partial charge < -0.3 is 24.9 Å². The Bertz CT molecular complexity index is 704. The molecule has 0 spiro atoms. The summed E-state index contributed by atoms with van der Waals surface area (Å²) in [4.78, 5) is 0. The third kappa shape index (κ3) is 4.62. The van der Waals surface area contributed by atoms with Crippen LogP contribution < -0.4 is 0 Å². The maximum atomic E-state index is 10.0. The van der Waals surface area contributed by atoms with Gasteiger partial charge in [0.05, 0.1) is 0 Å². The summed E-state index contributed by atoms with van der Waals surface area (Å²) in [6.45, 7) is 2.16. The predicted octanol–water partition coefficient (Wildman–Crippen LogP) is 3.36. The molecule has 27 heavy (non-hydrogen) atoms. The molecule has 0 aliphatic carbocycles. The van der Waals surface area contributed by atoms with Gasteiger partial charge >= 0.3 is 0 Å². The highest BCUT2D eigenvalue weighted by molar-refractivity contribution is 6.73. The summed E-state index contributed by atoms with van der Waals surface area (Å²) < 4.78 is 8.73. The minimum absolute atomic E-state index is 0.0687. The predicted molar refractivity (Wildman–Crippen MR) is 107 cm³/mol. The number of aromatic nitrogens is 2. The normalized spacial score (nSPS) is 12.0. The van der Waals surface area contributed by atoms with Crippen LogP contribution in [-0.2, 0) is 31.4 Å². The Balaban J connectivity index is 1.91. The zero-order valence-corrected chi connectivity index (χ0v) is 17.7. The second-order valence-electron chi connectivity index (χ2n) is 7.27. The van der Waals surface area contributed by atoms with Crippen molar-refractivity contribution in [2.45, 2.75) is 50.7 Å². The lowest BCUT2D eigenvalue weighted by Gasteiger charge is -2.28. The molecule has 0 aromatic carbocycles. The largest absolute Gasteiger partial charge is 0.494 e. The van der Waals surface area contributed by atoms with E-state index in [1.807, 2.05) is 0 Å². The number of aromatic hydroxyl groups is 4. The highest BCUT2D eigenvalue weighted by atomic mass is 28.4. The Morgan fingerprint density at radius 2 is 1.26 bits per heavy atom. The maximum absolute atomic E-state index is 10.0. The standard InChI is InChI=1S/C19H32N2O5Si/c1-5-27(26-4,10-6-8-14-12-16(22)20(2)18(14)24)11-7-9-15-13-17(23)21(3)19(15)25/h12-13,22-25H,5-11H2,1-4H3.